The smallest absolute Gasteiger partial charge is 0.408 e. The van der Waals surface area contributed by atoms with E-state index in [4.69, 9.17) is 23.9 Å². The fourth-order valence-corrected chi connectivity index (χ4v) is 5.90. The highest BCUT2D eigenvalue weighted by molar-refractivity contribution is 5.89. The molecule has 260 valence electrons. The summed E-state index contributed by atoms with van der Waals surface area (Å²) >= 11 is 0. The molecule has 1 aliphatic rings. The molecule has 48 heavy (non-hydrogen) atoms. The van der Waals surface area contributed by atoms with E-state index in [9.17, 15) is 14.4 Å². The Hall–Kier alpha value is -4.38. The number of nitrogens with one attached hydrogen (secondary N) is 2. The molecule has 1 saturated heterocycles. The zero-order valence-corrected chi connectivity index (χ0v) is 29.4. The summed E-state index contributed by atoms with van der Waals surface area (Å²) in [5, 5.41) is 6.95. The topological polar surface area (TPSA) is 128 Å². The van der Waals surface area contributed by atoms with Crippen molar-refractivity contribution in [1.82, 2.24) is 20.5 Å². The first kappa shape index (κ1) is 36.5. The van der Waals surface area contributed by atoms with E-state index in [2.05, 4.69) is 10.6 Å². The molecule has 3 aromatic rings. The van der Waals surface area contributed by atoms with Crippen LogP contribution in [-0.2, 0) is 19.1 Å². The standard InChI is InChI=1S/C37H50N4O7/c1-9-13-29(35(43)46-8)38-21-25-18-27(22-41(25)34(42)33(23(2)3)40-36(44)48-37(4,5)6)47-32-20-30(24-14-11-10-12-15-24)39-31-19-26(45-7)16-17-28(31)32/h10-12,14-17,19-20,23,25,27,29,33,38H,9,13,18,21-22H2,1-8H3,(H,40,44)/t25-,27+,29?,33-/m0/s1. The summed E-state index contributed by atoms with van der Waals surface area (Å²) in [7, 11) is 2.99. The van der Waals surface area contributed by atoms with Crippen molar-refractivity contribution in [2.75, 3.05) is 27.3 Å². The average molecular weight is 663 g/mol. The fraction of sp³-hybridized carbons (Fsp3) is 0.514. The van der Waals surface area contributed by atoms with E-state index in [1.807, 2.05) is 75.4 Å². The number of nitrogens with zero attached hydrogens (tertiary/aromatic N) is 2. The van der Waals surface area contributed by atoms with Gasteiger partial charge in [-0.25, -0.2) is 9.78 Å². The van der Waals surface area contributed by atoms with Gasteiger partial charge in [-0.15, -0.1) is 0 Å². The number of benzene rings is 2. The van der Waals surface area contributed by atoms with E-state index in [-0.39, 0.29) is 36.5 Å². The zero-order chi connectivity index (χ0) is 35.0. The molecule has 1 unspecified atom stereocenters. The first-order valence-corrected chi connectivity index (χ1v) is 16.7. The number of pyridine rings is 1. The quantitative estimate of drug-likeness (QED) is 0.220. The summed E-state index contributed by atoms with van der Waals surface area (Å²) in [6.45, 7) is 11.7. The molecule has 4 atom stereocenters. The number of carbonyl (C=O) groups excluding carboxylic acids is 3. The molecule has 0 saturated carbocycles. The molecular formula is C37H50N4O7. The molecular weight excluding hydrogens is 612 g/mol. The Labute approximate surface area is 283 Å². The highest BCUT2D eigenvalue weighted by Crippen LogP contribution is 2.34. The van der Waals surface area contributed by atoms with Gasteiger partial charge in [0.15, 0.2) is 0 Å². The molecule has 1 aliphatic heterocycles. The Bertz CT molecular complexity index is 1560. The molecule has 11 nitrogen and oxygen atoms in total. The summed E-state index contributed by atoms with van der Waals surface area (Å²) < 4.78 is 22.7. The first-order chi connectivity index (χ1) is 22.8. The Morgan fingerprint density at radius 3 is 2.40 bits per heavy atom. The van der Waals surface area contributed by atoms with Gasteiger partial charge in [0.05, 0.1) is 32.0 Å². The second kappa shape index (κ2) is 16.1. The highest BCUT2D eigenvalue weighted by atomic mass is 16.6. The van der Waals surface area contributed by atoms with Crippen LogP contribution in [-0.4, -0.2) is 85.0 Å². The van der Waals surface area contributed by atoms with E-state index in [1.165, 1.54) is 7.11 Å². The van der Waals surface area contributed by atoms with Gasteiger partial charge in [0.1, 0.15) is 35.3 Å². The summed E-state index contributed by atoms with van der Waals surface area (Å²) in [4.78, 5) is 46.2. The molecule has 11 heteroatoms. The number of hydrogen-bond acceptors (Lipinski definition) is 9. The number of amides is 2. The van der Waals surface area contributed by atoms with Gasteiger partial charge in [-0.2, -0.15) is 0 Å². The molecule has 2 N–H and O–H groups in total. The van der Waals surface area contributed by atoms with Crippen molar-refractivity contribution in [2.45, 2.75) is 90.6 Å². The van der Waals surface area contributed by atoms with Gasteiger partial charge < -0.3 is 34.5 Å². The van der Waals surface area contributed by atoms with Crippen molar-refractivity contribution >= 4 is 28.9 Å². The Kier molecular flexibility index (Phi) is 12.3. The number of esters is 1. The Morgan fingerprint density at radius 1 is 1.04 bits per heavy atom. The maximum absolute atomic E-state index is 14.2. The van der Waals surface area contributed by atoms with Crippen molar-refractivity contribution in [3.05, 3.63) is 54.6 Å². The Morgan fingerprint density at radius 2 is 1.77 bits per heavy atom. The molecule has 0 aliphatic carbocycles. The van der Waals surface area contributed by atoms with E-state index in [0.29, 0.717) is 30.9 Å². The lowest BCUT2D eigenvalue weighted by atomic mass is 10.0. The second-order valence-corrected chi connectivity index (χ2v) is 13.5. The van der Waals surface area contributed by atoms with Gasteiger partial charge in [-0.1, -0.05) is 57.5 Å². The molecule has 2 aromatic carbocycles. The van der Waals surface area contributed by atoms with Crippen LogP contribution in [0.4, 0.5) is 4.79 Å². The van der Waals surface area contributed by atoms with Crippen LogP contribution in [0.1, 0.15) is 60.8 Å². The molecule has 0 spiro atoms. The van der Waals surface area contributed by atoms with Gasteiger partial charge >= 0.3 is 12.1 Å². The van der Waals surface area contributed by atoms with E-state index >= 15 is 0 Å². The predicted octanol–water partition coefficient (Wildman–Crippen LogP) is 5.74. The SMILES string of the molecule is CCCC(NC[C@@H]1C[C@@H](Oc2cc(-c3ccccc3)nc3cc(OC)ccc23)CN1C(=O)[C@@H](NC(=O)OC(C)(C)C)C(C)C)C(=O)OC. The van der Waals surface area contributed by atoms with Crippen LogP contribution in [0.25, 0.3) is 22.2 Å². The maximum atomic E-state index is 14.2. The molecule has 0 bridgehead atoms. The van der Waals surface area contributed by atoms with E-state index in [1.54, 1.807) is 32.8 Å². The number of alkyl carbamates (subject to hydrolysis) is 1. The van der Waals surface area contributed by atoms with Crippen LogP contribution in [0.5, 0.6) is 11.5 Å². The number of carbonyl (C=O) groups is 3. The number of rotatable bonds is 13. The summed E-state index contributed by atoms with van der Waals surface area (Å²) in [5.41, 5.74) is 1.69. The number of fused-ring (bicyclic) bond motifs is 1. The minimum atomic E-state index is -0.827. The van der Waals surface area contributed by atoms with E-state index in [0.717, 1.165) is 28.6 Å². The lowest BCUT2D eigenvalue weighted by molar-refractivity contribution is -0.143. The lowest BCUT2D eigenvalue weighted by Gasteiger charge is -2.32. The summed E-state index contributed by atoms with van der Waals surface area (Å²) in [6.07, 6.45) is 0.837. The number of methoxy groups -OCH3 is 2. The van der Waals surface area contributed by atoms with Crippen LogP contribution >= 0.6 is 0 Å². The minimum absolute atomic E-state index is 0.214. The number of aromatic nitrogens is 1. The van der Waals surface area contributed by atoms with Gasteiger partial charge in [0.2, 0.25) is 5.91 Å². The minimum Gasteiger partial charge on any atom is -0.497 e. The average Bonchev–Trinajstić information content (AvgIpc) is 3.46. The fourth-order valence-electron chi connectivity index (χ4n) is 5.90. The van der Waals surface area contributed by atoms with Crippen LogP contribution in [0.2, 0.25) is 0 Å². The molecule has 1 fully saturated rings. The molecule has 0 radical (unpaired) electrons. The normalized spacial score (nSPS) is 17.6. The maximum Gasteiger partial charge on any atom is 0.408 e. The van der Waals surface area contributed by atoms with Crippen LogP contribution in [0.3, 0.4) is 0 Å². The number of likely N-dealkylation sites (tertiary alicyclic amines) is 1. The predicted molar refractivity (Wildman–Crippen MR) is 185 cm³/mol. The first-order valence-electron chi connectivity index (χ1n) is 16.7. The van der Waals surface area contributed by atoms with Gasteiger partial charge in [-0.05, 0) is 45.2 Å². The third kappa shape index (κ3) is 9.37. The molecule has 2 amide bonds. The van der Waals surface area contributed by atoms with Crippen molar-refractivity contribution in [2.24, 2.45) is 5.92 Å². The number of ether oxygens (including phenoxy) is 4. The third-order valence-electron chi connectivity index (χ3n) is 8.27. The largest absolute Gasteiger partial charge is 0.497 e. The number of hydrogen-bond donors (Lipinski definition) is 2. The Balaban J connectivity index is 1.66. The van der Waals surface area contributed by atoms with Crippen molar-refractivity contribution in [3.8, 4) is 22.8 Å². The van der Waals surface area contributed by atoms with Crippen LogP contribution in [0, 0.1) is 5.92 Å². The summed E-state index contributed by atoms with van der Waals surface area (Å²) in [6, 6.07) is 15.8. The molecule has 1 aromatic heterocycles. The van der Waals surface area contributed by atoms with Gasteiger partial charge in [-0.3, -0.25) is 9.59 Å². The summed E-state index contributed by atoms with van der Waals surface area (Å²) in [5.74, 6) is 0.513. The van der Waals surface area contributed by atoms with Crippen molar-refractivity contribution in [1.29, 1.82) is 0 Å². The molecule has 4 rings (SSSR count). The second-order valence-electron chi connectivity index (χ2n) is 13.5. The van der Waals surface area contributed by atoms with Crippen molar-refractivity contribution < 1.29 is 33.3 Å². The lowest BCUT2D eigenvalue weighted by Crippen LogP contribution is -2.55. The third-order valence-corrected chi connectivity index (χ3v) is 8.27. The van der Waals surface area contributed by atoms with E-state index < -0.39 is 23.8 Å². The zero-order valence-electron chi connectivity index (χ0n) is 29.4. The molecule has 2 heterocycles. The van der Waals surface area contributed by atoms with Gasteiger partial charge in [0.25, 0.3) is 0 Å². The van der Waals surface area contributed by atoms with Crippen molar-refractivity contribution in [3.63, 3.8) is 0 Å². The van der Waals surface area contributed by atoms with Crippen LogP contribution < -0.4 is 20.1 Å². The monoisotopic (exact) mass is 662 g/mol. The highest BCUT2D eigenvalue weighted by Gasteiger charge is 2.41. The van der Waals surface area contributed by atoms with Gasteiger partial charge in [0, 0.05) is 42.1 Å². The van der Waals surface area contributed by atoms with Crippen LogP contribution in [0.15, 0.2) is 54.6 Å².